The van der Waals surface area contributed by atoms with E-state index in [9.17, 15) is 9.59 Å². The standard InChI is InChI=1S/C21H31N3O2/c1-2-7-20(25)24-13-6-10-19(24)21(26)22-18-11-14-23(15-12-18)16-17-8-4-3-5-9-17/h3-5,8-9,18-19H,2,6-7,10-16H2,1H3,(H,22,26). The molecule has 142 valence electrons. The predicted molar refractivity (Wildman–Crippen MR) is 103 cm³/mol. The first-order valence-electron chi connectivity index (χ1n) is 10.0. The number of nitrogens with zero attached hydrogens (tertiary/aromatic N) is 2. The van der Waals surface area contributed by atoms with Crippen molar-refractivity contribution in [3.63, 3.8) is 0 Å². The molecule has 5 heteroatoms. The molecular formula is C21H31N3O2. The lowest BCUT2D eigenvalue weighted by molar-refractivity contribution is -0.138. The smallest absolute Gasteiger partial charge is 0.243 e. The van der Waals surface area contributed by atoms with E-state index in [2.05, 4.69) is 34.5 Å². The zero-order valence-corrected chi connectivity index (χ0v) is 15.8. The molecule has 2 aliphatic heterocycles. The summed E-state index contributed by atoms with van der Waals surface area (Å²) in [6.07, 6.45) is 5.07. The zero-order valence-electron chi connectivity index (χ0n) is 15.8. The number of carbonyl (C=O) groups is 2. The van der Waals surface area contributed by atoms with Gasteiger partial charge in [0.05, 0.1) is 0 Å². The van der Waals surface area contributed by atoms with Gasteiger partial charge in [0.25, 0.3) is 0 Å². The molecule has 2 saturated heterocycles. The van der Waals surface area contributed by atoms with Crippen molar-refractivity contribution in [2.45, 2.75) is 64.1 Å². The molecule has 0 aliphatic carbocycles. The van der Waals surface area contributed by atoms with Crippen LogP contribution in [0.5, 0.6) is 0 Å². The molecule has 1 aromatic carbocycles. The SMILES string of the molecule is CCCC(=O)N1CCCC1C(=O)NC1CCN(Cc2ccccc2)CC1. The van der Waals surface area contributed by atoms with Crippen molar-refractivity contribution >= 4 is 11.8 Å². The van der Waals surface area contributed by atoms with Gasteiger partial charge in [-0.1, -0.05) is 37.3 Å². The molecule has 0 spiro atoms. The third kappa shape index (κ3) is 4.85. The highest BCUT2D eigenvalue weighted by atomic mass is 16.2. The molecule has 2 fully saturated rings. The summed E-state index contributed by atoms with van der Waals surface area (Å²) in [5, 5.41) is 3.21. The van der Waals surface area contributed by atoms with Crippen molar-refractivity contribution in [2.75, 3.05) is 19.6 Å². The van der Waals surface area contributed by atoms with E-state index in [0.29, 0.717) is 6.42 Å². The summed E-state index contributed by atoms with van der Waals surface area (Å²) in [4.78, 5) is 29.1. The fraction of sp³-hybridized carbons (Fsp3) is 0.619. The molecule has 1 N–H and O–H groups in total. The van der Waals surface area contributed by atoms with Crippen LogP contribution in [0.15, 0.2) is 30.3 Å². The van der Waals surface area contributed by atoms with Gasteiger partial charge in [-0.05, 0) is 37.7 Å². The number of hydrogen-bond acceptors (Lipinski definition) is 3. The molecule has 0 radical (unpaired) electrons. The highest BCUT2D eigenvalue weighted by molar-refractivity contribution is 5.88. The molecule has 1 aromatic rings. The van der Waals surface area contributed by atoms with Gasteiger partial charge in [-0.3, -0.25) is 14.5 Å². The number of piperidine rings is 1. The third-order valence-corrected chi connectivity index (χ3v) is 5.52. The minimum absolute atomic E-state index is 0.0495. The molecule has 0 bridgehead atoms. The lowest BCUT2D eigenvalue weighted by Crippen LogP contribution is -2.51. The number of nitrogens with one attached hydrogen (secondary N) is 1. The fourth-order valence-electron chi connectivity index (χ4n) is 4.07. The summed E-state index contributed by atoms with van der Waals surface area (Å²) in [6.45, 7) is 5.72. The number of likely N-dealkylation sites (tertiary alicyclic amines) is 2. The van der Waals surface area contributed by atoms with Gasteiger partial charge in [0.15, 0.2) is 0 Å². The van der Waals surface area contributed by atoms with Crippen molar-refractivity contribution in [1.29, 1.82) is 0 Å². The highest BCUT2D eigenvalue weighted by Gasteiger charge is 2.34. The average molecular weight is 357 g/mol. The third-order valence-electron chi connectivity index (χ3n) is 5.52. The molecule has 2 amide bonds. The summed E-state index contributed by atoms with van der Waals surface area (Å²) >= 11 is 0. The van der Waals surface area contributed by atoms with Crippen LogP contribution in [0.2, 0.25) is 0 Å². The second kappa shape index (κ2) is 9.17. The van der Waals surface area contributed by atoms with E-state index in [1.54, 1.807) is 4.90 Å². The van der Waals surface area contributed by atoms with Gasteiger partial charge in [0.1, 0.15) is 6.04 Å². The van der Waals surface area contributed by atoms with E-state index in [4.69, 9.17) is 0 Å². The second-order valence-electron chi connectivity index (χ2n) is 7.54. The van der Waals surface area contributed by atoms with Crippen LogP contribution in [-0.4, -0.2) is 53.3 Å². The number of carbonyl (C=O) groups excluding carboxylic acids is 2. The van der Waals surface area contributed by atoms with Crippen molar-refractivity contribution in [3.8, 4) is 0 Å². The van der Waals surface area contributed by atoms with E-state index in [1.165, 1.54) is 5.56 Å². The van der Waals surface area contributed by atoms with Crippen molar-refractivity contribution in [1.82, 2.24) is 15.1 Å². The summed E-state index contributed by atoms with van der Waals surface area (Å²) in [5.74, 6) is 0.177. The monoisotopic (exact) mass is 357 g/mol. The Balaban J connectivity index is 1.45. The molecule has 1 atom stereocenters. The molecule has 5 nitrogen and oxygen atoms in total. The van der Waals surface area contributed by atoms with Crippen LogP contribution < -0.4 is 5.32 Å². The van der Waals surface area contributed by atoms with E-state index in [0.717, 1.165) is 58.3 Å². The maximum absolute atomic E-state index is 12.7. The fourth-order valence-corrected chi connectivity index (χ4v) is 4.07. The quantitative estimate of drug-likeness (QED) is 0.851. The minimum atomic E-state index is -0.253. The van der Waals surface area contributed by atoms with E-state index < -0.39 is 0 Å². The molecule has 1 unspecified atom stereocenters. The van der Waals surface area contributed by atoms with E-state index in [1.807, 2.05) is 13.0 Å². The largest absolute Gasteiger partial charge is 0.351 e. The average Bonchev–Trinajstić information content (AvgIpc) is 3.14. The van der Waals surface area contributed by atoms with Crippen LogP contribution in [0, 0.1) is 0 Å². The lowest BCUT2D eigenvalue weighted by Gasteiger charge is -2.33. The van der Waals surface area contributed by atoms with Gasteiger partial charge in [0.2, 0.25) is 11.8 Å². The summed E-state index contributed by atoms with van der Waals surface area (Å²) in [5.41, 5.74) is 1.34. The Morgan fingerprint density at radius 3 is 2.50 bits per heavy atom. The number of hydrogen-bond donors (Lipinski definition) is 1. The number of amides is 2. The molecule has 2 heterocycles. The van der Waals surface area contributed by atoms with Crippen LogP contribution >= 0.6 is 0 Å². The van der Waals surface area contributed by atoms with Crippen LogP contribution in [-0.2, 0) is 16.1 Å². The van der Waals surface area contributed by atoms with E-state index in [-0.39, 0.29) is 23.9 Å². The van der Waals surface area contributed by atoms with Crippen LogP contribution in [0.4, 0.5) is 0 Å². The normalized spacial score (nSPS) is 21.7. The van der Waals surface area contributed by atoms with Crippen molar-refractivity contribution in [2.24, 2.45) is 0 Å². The molecule has 0 aromatic heterocycles. The van der Waals surface area contributed by atoms with Gasteiger partial charge < -0.3 is 10.2 Å². The molecule has 0 saturated carbocycles. The Morgan fingerprint density at radius 2 is 1.81 bits per heavy atom. The maximum Gasteiger partial charge on any atom is 0.243 e. The van der Waals surface area contributed by atoms with E-state index >= 15 is 0 Å². The van der Waals surface area contributed by atoms with Gasteiger partial charge in [-0.2, -0.15) is 0 Å². The lowest BCUT2D eigenvalue weighted by atomic mass is 10.0. The topological polar surface area (TPSA) is 52.7 Å². The Hall–Kier alpha value is -1.88. The molecular weight excluding hydrogens is 326 g/mol. The predicted octanol–water partition coefficient (Wildman–Crippen LogP) is 2.56. The van der Waals surface area contributed by atoms with Gasteiger partial charge in [-0.25, -0.2) is 0 Å². The minimum Gasteiger partial charge on any atom is -0.351 e. The first kappa shape index (κ1) is 18.9. The van der Waals surface area contributed by atoms with Gasteiger partial charge in [-0.15, -0.1) is 0 Å². The Labute approximate surface area is 156 Å². The Morgan fingerprint density at radius 1 is 1.08 bits per heavy atom. The maximum atomic E-state index is 12.7. The molecule has 26 heavy (non-hydrogen) atoms. The first-order valence-corrected chi connectivity index (χ1v) is 10.0. The molecule has 3 rings (SSSR count). The van der Waals surface area contributed by atoms with Crippen molar-refractivity contribution < 1.29 is 9.59 Å². The van der Waals surface area contributed by atoms with Crippen LogP contribution in [0.25, 0.3) is 0 Å². The van der Waals surface area contributed by atoms with Gasteiger partial charge in [0, 0.05) is 38.6 Å². The van der Waals surface area contributed by atoms with Gasteiger partial charge >= 0.3 is 0 Å². The summed E-state index contributed by atoms with van der Waals surface area (Å²) < 4.78 is 0. The Bertz CT molecular complexity index is 597. The van der Waals surface area contributed by atoms with Crippen LogP contribution in [0.3, 0.4) is 0 Å². The number of rotatable bonds is 6. The summed E-state index contributed by atoms with van der Waals surface area (Å²) in [6, 6.07) is 10.5. The van der Waals surface area contributed by atoms with Crippen LogP contribution in [0.1, 0.15) is 51.0 Å². The zero-order chi connectivity index (χ0) is 18.4. The number of benzene rings is 1. The Kier molecular flexibility index (Phi) is 6.67. The summed E-state index contributed by atoms with van der Waals surface area (Å²) in [7, 11) is 0. The second-order valence-corrected chi connectivity index (χ2v) is 7.54. The highest BCUT2D eigenvalue weighted by Crippen LogP contribution is 2.20. The first-order chi connectivity index (χ1) is 12.7. The van der Waals surface area contributed by atoms with Crippen molar-refractivity contribution in [3.05, 3.63) is 35.9 Å². The molecule has 2 aliphatic rings.